The van der Waals surface area contributed by atoms with Crippen molar-refractivity contribution in [1.82, 2.24) is 9.66 Å². The van der Waals surface area contributed by atoms with Crippen LogP contribution in [0.1, 0.15) is 12.5 Å². The van der Waals surface area contributed by atoms with E-state index in [1.165, 1.54) is 17.8 Å². The Hall–Kier alpha value is -4.43. The van der Waals surface area contributed by atoms with Crippen LogP contribution in [-0.4, -0.2) is 35.9 Å². The number of hydrogen-bond acceptors (Lipinski definition) is 7. The number of hydrogen-bond donors (Lipinski definition) is 0. The minimum absolute atomic E-state index is 0.223. The third kappa shape index (κ3) is 4.46. The van der Waals surface area contributed by atoms with Gasteiger partial charge in [0, 0.05) is 48.7 Å². The Morgan fingerprint density at radius 1 is 1.11 bits per heavy atom. The summed E-state index contributed by atoms with van der Waals surface area (Å²) in [6, 6.07) is 19.4. The van der Waals surface area contributed by atoms with Gasteiger partial charge >= 0.3 is 5.97 Å². The fourth-order valence-corrected chi connectivity index (χ4v) is 3.97. The minimum atomic E-state index is -0.466. The van der Waals surface area contributed by atoms with Crippen LogP contribution in [0.5, 0.6) is 5.75 Å². The van der Waals surface area contributed by atoms with Gasteiger partial charge < -0.3 is 14.1 Å². The highest BCUT2D eigenvalue weighted by atomic mass is 35.5. The summed E-state index contributed by atoms with van der Waals surface area (Å²) in [6.07, 6.45) is 1.46. The zero-order chi connectivity index (χ0) is 25.4. The largest absolute Gasteiger partial charge is 0.453 e. The second-order valence-corrected chi connectivity index (χ2v) is 8.75. The molecule has 0 saturated carbocycles. The first-order chi connectivity index (χ1) is 17.3. The summed E-state index contributed by atoms with van der Waals surface area (Å²) in [5.41, 5.74) is 2.10. The summed E-state index contributed by atoms with van der Waals surface area (Å²) in [5, 5.41) is 6.20. The number of furan rings is 1. The second-order valence-electron chi connectivity index (χ2n) is 8.32. The Balaban J connectivity index is 1.69. The Morgan fingerprint density at radius 3 is 2.69 bits per heavy atom. The van der Waals surface area contributed by atoms with E-state index in [1.807, 2.05) is 31.1 Å². The molecule has 0 spiro atoms. The molecule has 0 saturated heterocycles. The number of para-hydroxylation sites is 1. The van der Waals surface area contributed by atoms with E-state index in [2.05, 4.69) is 10.1 Å². The van der Waals surface area contributed by atoms with Gasteiger partial charge in [-0.1, -0.05) is 23.7 Å². The molecule has 9 heteroatoms. The highest BCUT2D eigenvalue weighted by molar-refractivity contribution is 6.31. The molecule has 2 aromatic heterocycles. The van der Waals surface area contributed by atoms with E-state index in [1.54, 1.807) is 54.6 Å². The van der Waals surface area contributed by atoms with Crippen molar-refractivity contribution in [2.75, 3.05) is 19.0 Å². The minimum Gasteiger partial charge on any atom is -0.453 e. The second kappa shape index (κ2) is 9.31. The van der Waals surface area contributed by atoms with Crippen LogP contribution in [0.4, 0.5) is 5.69 Å². The van der Waals surface area contributed by atoms with E-state index in [0.717, 1.165) is 11.1 Å². The van der Waals surface area contributed by atoms with Gasteiger partial charge in [-0.15, -0.1) is 0 Å². The van der Waals surface area contributed by atoms with Crippen LogP contribution in [0.2, 0.25) is 5.02 Å². The fraction of sp³-hybridized carbons (Fsp3) is 0.111. The number of carbonyl (C=O) groups excluding carboxylic acids is 1. The Labute approximate surface area is 211 Å². The molecule has 0 radical (unpaired) electrons. The molecule has 0 N–H and O–H groups in total. The van der Waals surface area contributed by atoms with Crippen LogP contribution in [-0.2, 0) is 4.79 Å². The molecule has 5 aromatic rings. The van der Waals surface area contributed by atoms with Crippen LogP contribution >= 0.6 is 11.6 Å². The van der Waals surface area contributed by atoms with Crippen LogP contribution in [0.25, 0.3) is 33.5 Å². The summed E-state index contributed by atoms with van der Waals surface area (Å²) in [6.45, 7) is 1.33. The van der Waals surface area contributed by atoms with Gasteiger partial charge in [0.2, 0.25) is 5.82 Å². The van der Waals surface area contributed by atoms with Gasteiger partial charge in [0.05, 0.1) is 17.1 Å². The van der Waals surface area contributed by atoms with Crippen LogP contribution in [0, 0.1) is 0 Å². The van der Waals surface area contributed by atoms with Gasteiger partial charge in [0.1, 0.15) is 11.3 Å². The average molecular weight is 501 g/mol. The van der Waals surface area contributed by atoms with E-state index in [0.29, 0.717) is 38.6 Å². The molecule has 0 fully saturated rings. The SMILES string of the molecule is CC(=O)Oc1cc(N(C)C)ccc1C=Nn1c(-c2cc3cc(Cl)ccc3o2)nc2ccccc2c1=O. The molecular weight excluding hydrogens is 480 g/mol. The topological polar surface area (TPSA) is 89.9 Å². The summed E-state index contributed by atoms with van der Waals surface area (Å²) in [5.74, 6) is 0.433. The first-order valence-corrected chi connectivity index (χ1v) is 11.4. The third-order valence-corrected chi connectivity index (χ3v) is 5.77. The van der Waals surface area contributed by atoms with Gasteiger partial charge in [-0.05, 0) is 48.5 Å². The fourth-order valence-electron chi connectivity index (χ4n) is 3.79. The third-order valence-electron chi connectivity index (χ3n) is 5.53. The molecule has 8 nitrogen and oxygen atoms in total. The predicted octanol–water partition coefficient (Wildman–Crippen LogP) is 5.34. The summed E-state index contributed by atoms with van der Waals surface area (Å²) in [7, 11) is 3.77. The molecule has 0 bridgehead atoms. The number of anilines is 1. The maximum Gasteiger partial charge on any atom is 0.308 e. The standard InChI is InChI=1S/C27H21ClN4O4/c1-16(33)35-24-14-20(31(2)3)10-8-17(24)15-29-32-26(30-22-7-5-4-6-21(22)27(32)34)25-13-18-12-19(28)9-11-23(18)36-25/h4-15H,1-3H3. The lowest BCUT2D eigenvalue weighted by molar-refractivity contribution is -0.131. The summed E-state index contributed by atoms with van der Waals surface area (Å²) in [4.78, 5) is 31.7. The number of ether oxygens (including phenoxy) is 1. The number of nitrogens with zero attached hydrogens (tertiary/aromatic N) is 4. The van der Waals surface area contributed by atoms with Crippen LogP contribution in [0.15, 0.2) is 81.0 Å². The van der Waals surface area contributed by atoms with Crippen molar-refractivity contribution in [2.45, 2.75) is 6.92 Å². The smallest absolute Gasteiger partial charge is 0.308 e. The van der Waals surface area contributed by atoms with Crippen molar-refractivity contribution in [2.24, 2.45) is 5.10 Å². The van der Waals surface area contributed by atoms with Crippen molar-refractivity contribution < 1.29 is 13.9 Å². The first-order valence-electron chi connectivity index (χ1n) is 11.1. The number of carbonyl (C=O) groups is 1. The number of benzene rings is 3. The molecule has 0 amide bonds. The molecule has 0 aliphatic rings. The monoisotopic (exact) mass is 500 g/mol. The zero-order valence-electron chi connectivity index (χ0n) is 19.7. The molecular formula is C27H21ClN4O4. The molecule has 0 atom stereocenters. The molecule has 5 rings (SSSR count). The van der Waals surface area contributed by atoms with E-state index in [9.17, 15) is 9.59 Å². The number of fused-ring (bicyclic) bond motifs is 2. The van der Waals surface area contributed by atoms with E-state index in [4.69, 9.17) is 20.8 Å². The van der Waals surface area contributed by atoms with Crippen LogP contribution in [0.3, 0.4) is 0 Å². The molecule has 36 heavy (non-hydrogen) atoms. The van der Waals surface area contributed by atoms with Crippen molar-refractivity contribution in [3.63, 3.8) is 0 Å². The lowest BCUT2D eigenvalue weighted by Crippen LogP contribution is -2.20. The van der Waals surface area contributed by atoms with Gasteiger partial charge in [0.25, 0.3) is 5.56 Å². The van der Waals surface area contributed by atoms with E-state index < -0.39 is 5.97 Å². The van der Waals surface area contributed by atoms with E-state index in [-0.39, 0.29) is 11.4 Å². The predicted molar refractivity (Wildman–Crippen MR) is 141 cm³/mol. The summed E-state index contributed by atoms with van der Waals surface area (Å²) < 4.78 is 12.6. The van der Waals surface area contributed by atoms with Crippen molar-refractivity contribution in [3.05, 3.63) is 87.7 Å². The quantitative estimate of drug-likeness (QED) is 0.184. The van der Waals surface area contributed by atoms with Gasteiger partial charge in [-0.25, -0.2) is 4.98 Å². The van der Waals surface area contributed by atoms with Gasteiger partial charge in [-0.2, -0.15) is 9.78 Å². The Bertz CT molecular complexity index is 1720. The first kappa shape index (κ1) is 23.3. The lowest BCUT2D eigenvalue weighted by atomic mass is 10.2. The zero-order valence-corrected chi connectivity index (χ0v) is 20.5. The number of aromatic nitrogens is 2. The Morgan fingerprint density at radius 2 is 1.92 bits per heavy atom. The molecule has 0 aliphatic carbocycles. The number of rotatable bonds is 5. The summed E-state index contributed by atoms with van der Waals surface area (Å²) >= 11 is 6.13. The van der Waals surface area contributed by atoms with Crippen molar-refractivity contribution in [1.29, 1.82) is 0 Å². The number of halogens is 1. The lowest BCUT2D eigenvalue weighted by Gasteiger charge is -2.15. The average Bonchev–Trinajstić information content (AvgIpc) is 3.26. The highest BCUT2D eigenvalue weighted by Crippen LogP contribution is 2.29. The molecule has 0 aliphatic heterocycles. The molecule has 3 aromatic carbocycles. The van der Waals surface area contributed by atoms with Crippen molar-refractivity contribution >= 4 is 51.3 Å². The van der Waals surface area contributed by atoms with E-state index >= 15 is 0 Å². The normalized spacial score (nSPS) is 11.4. The van der Waals surface area contributed by atoms with Gasteiger partial charge in [0.15, 0.2) is 5.76 Å². The molecule has 0 unspecified atom stereocenters. The Kier molecular flexibility index (Phi) is 6.03. The highest BCUT2D eigenvalue weighted by Gasteiger charge is 2.17. The van der Waals surface area contributed by atoms with Crippen LogP contribution < -0.4 is 15.2 Å². The molecule has 180 valence electrons. The molecule has 2 heterocycles. The number of esters is 1. The van der Waals surface area contributed by atoms with Crippen molar-refractivity contribution in [3.8, 4) is 17.3 Å². The van der Waals surface area contributed by atoms with Gasteiger partial charge in [-0.3, -0.25) is 9.59 Å². The maximum absolute atomic E-state index is 13.5. The maximum atomic E-state index is 13.5.